The number of hydrogen-bond donors (Lipinski definition) is 4. The van der Waals surface area contributed by atoms with Crippen LogP contribution >= 0.6 is 0 Å². The molecule has 0 aliphatic heterocycles. The third-order valence-electron chi connectivity index (χ3n) is 5.99. The molecule has 2 atom stereocenters. The molecule has 0 aliphatic carbocycles. The number of amides is 1. The number of aliphatic carboxylic acids is 1. The summed E-state index contributed by atoms with van der Waals surface area (Å²) in [6.07, 6.45) is -2.71. The average Bonchev–Trinajstić information content (AvgIpc) is 3.14. The van der Waals surface area contributed by atoms with Gasteiger partial charge in [0.1, 0.15) is 11.6 Å². The molecule has 0 saturated heterocycles. The van der Waals surface area contributed by atoms with Crippen molar-refractivity contribution in [1.29, 1.82) is 0 Å². The van der Waals surface area contributed by atoms with Crippen LogP contribution in [0, 0.1) is 11.6 Å². The fraction of sp³-hybridized carbons (Fsp3) is 0.333. The number of carboxylic acids is 1. The van der Waals surface area contributed by atoms with E-state index in [1.807, 2.05) is 18.4 Å². The molecule has 9 heteroatoms. The molecule has 2 aromatic carbocycles. The summed E-state index contributed by atoms with van der Waals surface area (Å²) >= 11 is 0. The predicted octanol–water partition coefficient (Wildman–Crippen LogP) is 4.30. The lowest BCUT2D eigenvalue weighted by Gasteiger charge is -2.20. The van der Waals surface area contributed by atoms with Gasteiger partial charge in [0.05, 0.1) is 29.9 Å². The summed E-state index contributed by atoms with van der Waals surface area (Å²) in [6.45, 7) is 3.96. The number of benzene rings is 2. The first-order valence-corrected chi connectivity index (χ1v) is 11.7. The Labute approximate surface area is 207 Å². The van der Waals surface area contributed by atoms with E-state index in [1.165, 1.54) is 36.4 Å². The van der Waals surface area contributed by atoms with Crippen LogP contribution in [0.5, 0.6) is 0 Å². The van der Waals surface area contributed by atoms with Crippen LogP contribution in [-0.4, -0.2) is 44.0 Å². The Morgan fingerprint density at radius 2 is 1.44 bits per heavy atom. The summed E-state index contributed by atoms with van der Waals surface area (Å²) in [5.41, 5.74) is 8.85. The number of hydrogen-bond acceptors (Lipinski definition) is 4. The first kappa shape index (κ1) is 27.0. The van der Waals surface area contributed by atoms with Gasteiger partial charge in [0.15, 0.2) is 0 Å². The van der Waals surface area contributed by atoms with E-state index in [0.29, 0.717) is 28.1 Å². The zero-order chi connectivity index (χ0) is 26.6. The van der Waals surface area contributed by atoms with E-state index < -0.39 is 42.1 Å². The van der Waals surface area contributed by atoms with Gasteiger partial charge in [-0.3, -0.25) is 9.59 Å². The number of carboxylic acid groups (broad SMARTS) is 1. The van der Waals surface area contributed by atoms with Gasteiger partial charge < -0.3 is 25.6 Å². The normalized spacial score (nSPS) is 13.1. The third-order valence-corrected chi connectivity index (χ3v) is 5.99. The third kappa shape index (κ3) is 6.16. The monoisotopic (exact) mass is 500 g/mol. The van der Waals surface area contributed by atoms with Crippen LogP contribution in [0.25, 0.3) is 22.4 Å². The molecule has 0 spiro atoms. The maximum atomic E-state index is 13.8. The zero-order valence-corrected chi connectivity index (χ0v) is 20.1. The van der Waals surface area contributed by atoms with Crippen LogP contribution in [0.15, 0.2) is 48.5 Å². The molecule has 1 amide bonds. The maximum Gasteiger partial charge on any atom is 0.305 e. The van der Waals surface area contributed by atoms with E-state index in [4.69, 9.17) is 10.8 Å². The predicted molar refractivity (Wildman–Crippen MR) is 131 cm³/mol. The van der Waals surface area contributed by atoms with Crippen molar-refractivity contribution < 1.29 is 33.7 Å². The van der Waals surface area contributed by atoms with Crippen molar-refractivity contribution in [2.75, 3.05) is 0 Å². The van der Waals surface area contributed by atoms with Gasteiger partial charge in [0.2, 0.25) is 0 Å². The van der Waals surface area contributed by atoms with Crippen molar-refractivity contribution in [3.63, 3.8) is 0 Å². The van der Waals surface area contributed by atoms with Gasteiger partial charge in [0.25, 0.3) is 5.91 Å². The summed E-state index contributed by atoms with van der Waals surface area (Å²) in [4.78, 5) is 23.6. The van der Waals surface area contributed by atoms with Crippen LogP contribution in [-0.2, 0) is 11.3 Å². The number of primary amides is 1. The van der Waals surface area contributed by atoms with Crippen molar-refractivity contribution in [2.24, 2.45) is 5.73 Å². The molecule has 1 aromatic heterocycles. The molecule has 3 aromatic rings. The van der Waals surface area contributed by atoms with Crippen LogP contribution in [0.2, 0.25) is 0 Å². The lowest BCUT2D eigenvalue weighted by Crippen LogP contribution is -2.22. The number of aromatic nitrogens is 1. The van der Waals surface area contributed by atoms with E-state index in [1.54, 1.807) is 12.1 Å². The summed E-state index contributed by atoms with van der Waals surface area (Å²) in [5.74, 6) is -2.93. The van der Waals surface area contributed by atoms with Gasteiger partial charge in [-0.1, -0.05) is 26.0 Å². The molecule has 36 heavy (non-hydrogen) atoms. The topological polar surface area (TPSA) is 126 Å². The fourth-order valence-corrected chi connectivity index (χ4v) is 4.52. The van der Waals surface area contributed by atoms with Crippen LogP contribution in [0.4, 0.5) is 8.78 Å². The molecule has 7 nitrogen and oxygen atoms in total. The molecule has 2 unspecified atom stereocenters. The molecule has 0 radical (unpaired) electrons. The van der Waals surface area contributed by atoms with E-state index in [9.17, 15) is 28.6 Å². The molecule has 0 fully saturated rings. The fourth-order valence-electron chi connectivity index (χ4n) is 4.52. The van der Waals surface area contributed by atoms with Crippen LogP contribution in [0.3, 0.4) is 0 Å². The van der Waals surface area contributed by atoms with Crippen molar-refractivity contribution in [3.05, 3.63) is 71.4 Å². The minimum Gasteiger partial charge on any atom is -0.481 e. The molecule has 0 aliphatic rings. The highest BCUT2D eigenvalue weighted by molar-refractivity contribution is 6.05. The molecule has 192 valence electrons. The Kier molecular flexibility index (Phi) is 8.60. The highest BCUT2D eigenvalue weighted by Crippen LogP contribution is 2.42. The van der Waals surface area contributed by atoms with Crippen LogP contribution in [0.1, 0.15) is 55.1 Å². The second-order valence-electron chi connectivity index (χ2n) is 9.10. The van der Waals surface area contributed by atoms with Crippen molar-refractivity contribution in [1.82, 2.24) is 4.57 Å². The van der Waals surface area contributed by atoms with Gasteiger partial charge in [-0.05, 0) is 66.3 Å². The van der Waals surface area contributed by atoms with Gasteiger partial charge in [-0.25, -0.2) is 8.78 Å². The summed E-state index contributed by atoms with van der Waals surface area (Å²) < 4.78 is 29.3. The average molecular weight is 501 g/mol. The number of rotatable bonds is 11. The summed E-state index contributed by atoms with van der Waals surface area (Å²) in [7, 11) is 0. The Bertz CT molecular complexity index is 1220. The Morgan fingerprint density at radius 3 is 1.92 bits per heavy atom. The first-order chi connectivity index (χ1) is 17.0. The highest BCUT2D eigenvalue weighted by Gasteiger charge is 2.29. The Balaban J connectivity index is 2.18. The molecule has 1 heterocycles. The largest absolute Gasteiger partial charge is 0.481 e. The smallest absolute Gasteiger partial charge is 0.305 e. The van der Waals surface area contributed by atoms with E-state index >= 15 is 0 Å². The number of aliphatic hydroxyl groups is 2. The minimum atomic E-state index is -1.21. The molecule has 0 bridgehead atoms. The number of nitrogens with two attached hydrogens (primary N) is 1. The SMILES string of the molecule is CC(C)c1c(C(N)=O)c(-c2ccc(F)cc2)c(-c2ccc(F)cc2)n1CCC(O)CC(O)CC(=O)O. The zero-order valence-electron chi connectivity index (χ0n) is 20.1. The lowest BCUT2D eigenvalue weighted by molar-refractivity contribution is -0.139. The summed E-state index contributed by atoms with van der Waals surface area (Å²) in [6, 6.07) is 11.3. The number of carbonyl (C=O) groups excluding carboxylic acids is 1. The van der Waals surface area contributed by atoms with Gasteiger partial charge in [-0.2, -0.15) is 0 Å². The molecule has 5 N–H and O–H groups in total. The van der Waals surface area contributed by atoms with E-state index in [0.717, 1.165) is 0 Å². The van der Waals surface area contributed by atoms with Crippen molar-refractivity contribution in [3.8, 4) is 22.4 Å². The first-order valence-electron chi connectivity index (χ1n) is 11.7. The second-order valence-corrected chi connectivity index (χ2v) is 9.10. The van der Waals surface area contributed by atoms with Gasteiger partial charge in [-0.15, -0.1) is 0 Å². The number of aliphatic hydroxyl groups excluding tert-OH is 2. The highest BCUT2D eigenvalue weighted by atomic mass is 19.1. The van der Waals surface area contributed by atoms with E-state index in [-0.39, 0.29) is 30.9 Å². The lowest BCUT2D eigenvalue weighted by atomic mass is 9.94. The number of carbonyl (C=O) groups is 2. The van der Waals surface area contributed by atoms with Crippen molar-refractivity contribution in [2.45, 2.75) is 57.8 Å². The van der Waals surface area contributed by atoms with E-state index in [2.05, 4.69) is 0 Å². The Morgan fingerprint density at radius 1 is 0.917 bits per heavy atom. The number of nitrogens with zero attached hydrogens (tertiary/aromatic N) is 1. The van der Waals surface area contributed by atoms with Crippen molar-refractivity contribution >= 4 is 11.9 Å². The van der Waals surface area contributed by atoms with Gasteiger partial charge in [0, 0.05) is 17.8 Å². The number of halogens is 2. The molecule has 0 saturated carbocycles. The minimum absolute atomic E-state index is 0.135. The van der Waals surface area contributed by atoms with Crippen LogP contribution < -0.4 is 5.73 Å². The second kappa shape index (κ2) is 11.5. The quantitative estimate of drug-likeness (QED) is 0.312. The standard InChI is InChI=1S/C27H30F2N2O5/c1-15(2)25-24(27(30)36)23(16-3-7-18(28)8-4-16)26(17-5-9-19(29)10-6-17)31(25)12-11-20(32)13-21(33)14-22(34)35/h3-10,15,20-21,32-33H,11-14H2,1-2H3,(H2,30,36)(H,34,35). The van der Waals surface area contributed by atoms with Gasteiger partial charge >= 0.3 is 5.97 Å². The molecular weight excluding hydrogens is 470 g/mol. The maximum absolute atomic E-state index is 13.8. The molecule has 3 rings (SSSR count). The Hall–Kier alpha value is -3.56. The summed E-state index contributed by atoms with van der Waals surface area (Å²) in [5, 5.41) is 29.3. The molecular formula is C27H30F2N2O5.